The summed E-state index contributed by atoms with van der Waals surface area (Å²) in [6.07, 6.45) is 2.66. The number of carbonyl (C=O) groups is 1. The van der Waals surface area contributed by atoms with Crippen LogP contribution in [0, 0.1) is 0 Å². The van der Waals surface area contributed by atoms with Gasteiger partial charge in [-0.2, -0.15) is 0 Å². The number of ether oxygens (including phenoxy) is 2. The summed E-state index contributed by atoms with van der Waals surface area (Å²) in [7, 11) is 1.32. The Kier molecular flexibility index (Phi) is 4.39. The highest BCUT2D eigenvalue weighted by Gasteiger charge is 2.01. The standard InChI is InChI=1S/C12H14O4/c1-9(3-8-12(14)15-2)16-11-6-4-10(13)5-7-11/h3-9,13H,1-2H3/b8-3+. The van der Waals surface area contributed by atoms with Crippen molar-refractivity contribution in [2.24, 2.45) is 0 Å². The van der Waals surface area contributed by atoms with Gasteiger partial charge in [-0.05, 0) is 37.3 Å². The van der Waals surface area contributed by atoms with E-state index >= 15 is 0 Å². The Morgan fingerprint density at radius 3 is 2.56 bits per heavy atom. The fourth-order valence-corrected chi connectivity index (χ4v) is 1.06. The van der Waals surface area contributed by atoms with Crippen LogP contribution in [-0.4, -0.2) is 24.3 Å². The summed E-state index contributed by atoms with van der Waals surface area (Å²) in [5, 5.41) is 9.07. The Bertz CT molecular complexity index is 367. The fraction of sp³-hybridized carbons (Fsp3) is 0.250. The molecule has 0 saturated carbocycles. The van der Waals surface area contributed by atoms with Crippen LogP contribution in [-0.2, 0) is 9.53 Å². The predicted molar refractivity (Wildman–Crippen MR) is 59.4 cm³/mol. The van der Waals surface area contributed by atoms with Crippen molar-refractivity contribution in [2.45, 2.75) is 13.0 Å². The summed E-state index contributed by atoms with van der Waals surface area (Å²) in [6, 6.07) is 6.37. The van der Waals surface area contributed by atoms with E-state index in [4.69, 9.17) is 9.84 Å². The number of rotatable bonds is 4. The van der Waals surface area contributed by atoms with Gasteiger partial charge < -0.3 is 14.6 Å². The summed E-state index contributed by atoms with van der Waals surface area (Å²) < 4.78 is 9.91. The predicted octanol–water partition coefficient (Wildman–Crippen LogP) is 1.89. The van der Waals surface area contributed by atoms with Crippen LogP contribution in [0.1, 0.15) is 6.92 Å². The molecular formula is C12H14O4. The average Bonchev–Trinajstić information content (AvgIpc) is 2.29. The van der Waals surface area contributed by atoms with Crippen LogP contribution in [0.15, 0.2) is 36.4 Å². The Balaban J connectivity index is 2.51. The van der Waals surface area contributed by atoms with Gasteiger partial charge in [0.1, 0.15) is 17.6 Å². The van der Waals surface area contributed by atoms with E-state index in [9.17, 15) is 4.79 Å². The number of aromatic hydroxyl groups is 1. The fourth-order valence-electron chi connectivity index (χ4n) is 1.06. The summed E-state index contributed by atoms with van der Waals surface area (Å²) in [5.74, 6) is 0.395. The van der Waals surface area contributed by atoms with Crippen LogP contribution in [0.3, 0.4) is 0 Å². The minimum Gasteiger partial charge on any atom is -0.508 e. The zero-order valence-electron chi connectivity index (χ0n) is 9.21. The molecule has 1 aromatic carbocycles. The van der Waals surface area contributed by atoms with E-state index in [1.807, 2.05) is 0 Å². The first kappa shape index (κ1) is 12.1. The second-order valence-electron chi connectivity index (χ2n) is 3.20. The molecule has 0 aliphatic rings. The molecule has 0 aliphatic heterocycles. The molecule has 0 fully saturated rings. The molecule has 0 amide bonds. The summed E-state index contributed by atoms with van der Waals surface area (Å²) in [6.45, 7) is 1.80. The van der Waals surface area contributed by atoms with E-state index in [-0.39, 0.29) is 11.9 Å². The maximum Gasteiger partial charge on any atom is 0.330 e. The highest BCUT2D eigenvalue weighted by molar-refractivity contribution is 5.81. The molecule has 4 nitrogen and oxygen atoms in total. The van der Waals surface area contributed by atoms with E-state index in [1.54, 1.807) is 25.1 Å². The molecule has 1 atom stereocenters. The molecule has 1 N–H and O–H groups in total. The average molecular weight is 222 g/mol. The molecule has 86 valence electrons. The number of phenols is 1. The molecule has 1 unspecified atom stereocenters. The van der Waals surface area contributed by atoms with Gasteiger partial charge in [-0.3, -0.25) is 0 Å². The third-order valence-corrected chi connectivity index (χ3v) is 1.86. The lowest BCUT2D eigenvalue weighted by Crippen LogP contribution is -2.09. The topological polar surface area (TPSA) is 55.8 Å². The Hall–Kier alpha value is -1.97. The van der Waals surface area contributed by atoms with E-state index in [0.717, 1.165) is 0 Å². The zero-order chi connectivity index (χ0) is 12.0. The van der Waals surface area contributed by atoms with Gasteiger partial charge >= 0.3 is 5.97 Å². The van der Waals surface area contributed by atoms with E-state index in [1.165, 1.54) is 25.3 Å². The van der Waals surface area contributed by atoms with Crippen LogP contribution < -0.4 is 4.74 Å². The van der Waals surface area contributed by atoms with Crippen molar-refractivity contribution in [1.29, 1.82) is 0 Å². The zero-order valence-corrected chi connectivity index (χ0v) is 9.21. The number of hydrogen-bond donors (Lipinski definition) is 1. The highest BCUT2D eigenvalue weighted by Crippen LogP contribution is 2.17. The molecule has 0 bridgehead atoms. The lowest BCUT2D eigenvalue weighted by molar-refractivity contribution is -0.134. The van der Waals surface area contributed by atoms with E-state index < -0.39 is 5.97 Å². The first-order valence-electron chi connectivity index (χ1n) is 4.83. The van der Waals surface area contributed by atoms with Gasteiger partial charge in [0.2, 0.25) is 0 Å². The third kappa shape index (κ3) is 4.04. The summed E-state index contributed by atoms with van der Waals surface area (Å²) >= 11 is 0. The van der Waals surface area contributed by atoms with Gasteiger partial charge in [0.25, 0.3) is 0 Å². The van der Waals surface area contributed by atoms with Crippen LogP contribution in [0.5, 0.6) is 11.5 Å². The maximum atomic E-state index is 10.8. The van der Waals surface area contributed by atoms with Crippen LogP contribution in [0.25, 0.3) is 0 Å². The number of phenolic OH excluding ortho intramolecular Hbond substituents is 1. The van der Waals surface area contributed by atoms with Crippen LogP contribution in [0.2, 0.25) is 0 Å². The molecule has 0 radical (unpaired) electrons. The van der Waals surface area contributed by atoms with Crippen LogP contribution >= 0.6 is 0 Å². The first-order chi connectivity index (χ1) is 7.61. The molecule has 0 spiro atoms. The number of esters is 1. The molecule has 0 aromatic heterocycles. The molecule has 0 aliphatic carbocycles. The van der Waals surface area contributed by atoms with Gasteiger partial charge in [0.05, 0.1) is 7.11 Å². The van der Waals surface area contributed by atoms with Crippen molar-refractivity contribution < 1.29 is 19.4 Å². The largest absolute Gasteiger partial charge is 0.508 e. The second kappa shape index (κ2) is 5.80. The molecule has 16 heavy (non-hydrogen) atoms. The molecular weight excluding hydrogens is 208 g/mol. The third-order valence-electron chi connectivity index (χ3n) is 1.86. The number of benzene rings is 1. The van der Waals surface area contributed by atoms with Gasteiger partial charge in [0, 0.05) is 6.08 Å². The molecule has 0 saturated heterocycles. The van der Waals surface area contributed by atoms with E-state index in [2.05, 4.69) is 4.74 Å². The lowest BCUT2D eigenvalue weighted by atomic mass is 10.3. The van der Waals surface area contributed by atoms with Crippen molar-refractivity contribution >= 4 is 5.97 Å². The van der Waals surface area contributed by atoms with Gasteiger partial charge in [-0.25, -0.2) is 4.79 Å². The van der Waals surface area contributed by atoms with Gasteiger partial charge in [-0.1, -0.05) is 0 Å². The van der Waals surface area contributed by atoms with Crippen molar-refractivity contribution in [1.82, 2.24) is 0 Å². The lowest BCUT2D eigenvalue weighted by Gasteiger charge is -2.10. The smallest absolute Gasteiger partial charge is 0.330 e. The minimum absolute atomic E-state index is 0.185. The number of methoxy groups -OCH3 is 1. The SMILES string of the molecule is COC(=O)/C=C/C(C)Oc1ccc(O)cc1. The van der Waals surface area contributed by atoms with Gasteiger partial charge in [0.15, 0.2) is 0 Å². The highest BCUT2D eigenvalue weighted by atomic mass is 16.5. The van der Waals surface area contributed by atoms with Crippen molar-refractivity contribution in [3.8, 4) is 11.5 Å². The van der Waals surface area contributed by atoms with Gasteiger partial charge in [-0.15, -0.1) is 0 Å². The van der Waals surface area contributed by atoms with E-state index in [0.29, 0.717) is 5.75 Å². The Morgan fingerprint density at radius 2 is 2.00 bits per heavy atom. The summed E-state index contributed by atoms with van der Waals surface area (Å²) in [4.78, 5) is 10.8. The number of hydrogen-bond acceptors (Lipinski definition) is 4. The minimum atomic E-state index is -0.416. The Labute approximate surface area is 94.1 Å². The molecule has 4 heteroatoms. The second-order valence-corrected chi connectivity index (χ2v) is 3.20. The van der Waals surface area contributed by atoms with Crippen molar-refractivity contribution in [2.75, 3.05) is 7.11 Å². The maximum absolute atomic E-state index is 10.8. The Morgan fingerprint density at radius 1 is 1.38 bits per heavy atom. The quantitative estimate of drug-likeness (QED) is 0.624. The van der Waals surface area contributed by atoms with Crippen molar-refractivity contribution in [3.63, 3.8) is 0 Å². The molecule has 1 rings (SSSR count). The summed E-state index contributed by atoms with van der Waals surface area (Å²) in [5.41, 5.74) is 0. The van der Waals surface area contributed by atoms with Crippen LogP contribution in [0.4, 0.5) is 0 Å². The monoisotopic (exact) mass is 222 g/mol. The van der Waals surface area contributed by atoms with Crippen molar-refractivity contribution in [3.05, 3.63) is 36.4 Å². The first-order valence-corrected chi connectivity index (χ1v) is 4.83. The number of carbonyl (C=O) groups excluding carboxylic acids is 1. The normalized spacial score (nSPS) is 12.4. The molecule has 1 aromatic rings. The molecule has 0 heterocycles.